The Morgan fingerprint density at radius 2 is 1.82 bits per heavy atom. The number of aromatic nitrogens is 1. The van der Waals surface area contributed by atoms with Crippen LogP contribution in [0.25, 0.3) is 6.08 Å². The third kappa shape index (κ3) is 4.89. The predicted molar refractivity (Wildman–Crippen MR) is 131 cm³/mol. The molecule has 0 atom stereocenters. The molecule has 174 valence electrons. The highest BCUT2D eigenvalue weighted by molar-refractivity contribution is 6.39. The lowest BCUT2D eigenvalue weighted by Gasteiger charge is -2.26. The van der Waals surface area contributed by atoms with E-state index < -0.39 is 17.8 Å². The Kier molecular flexibility index (Phi) is 6.84. The Morgan fingerprint density at radius 3 is 2.53 bits per heavy atom. The molecule has 1 saturated heterocycles. The molecule has 8 heteroatoms. The topological polar surface area (TPSA) is 80.6 Å². The van der Waals surface area contributed by atoms with Crippen LogP contribution >= 0.6 is 11.6 Å². The molecule has 1 aromatic heterocycles. The minimum Gasteiger partial charge on any atom is -0.492 e. The summed E-state index contributed by atoms with van der Waals surface area (Å²) in [6, 6.07) is 15.4. The second kappa shape index (κ2) is 9.97. The lowest BCUT2D eigenvalue weighted by molar-refractivity contribution is -0.122. The summed E-state index contributed by atoms with van der Waals surface area (Å²) in [6.07, 6.45) is 4.16. The molecule has 2 heterocycles. The SMILES string of the molecule is CCc1ccc(N2C(=O)NC(=O)C(=Cc3cccn3CCOc3ccc(Cl)c(C)c3)C2=O)cc1. The van der Waals surface area contributed by atoms with Gasteiger partial charge in [-0.05, 0) is 73.0 Å². The van der Waals surface area contributed by atoms with Crippen molar-refractivity contribution >= 4 is 41.2 Å². The van der Waals surface area contributed by atoms with Crippen molar-refractivity contribution in [1.29, 1.82) is 0 Å². The van der Waals surface area contributed by atoms with Crippen LogP contribution in [0.1, 0.15) is 23.7 Å². The number of urea groups is 1. The van der Waals surface area contributed by atoms with Gasteiger partial charge in [-0.3, -0.25) is 14.9 Å². The van der Waals surface area contributed by atoms with Gasteiger partial charge in [-0.2, -0.15) is 0 Å². The Labute approximate surface area is 202 Å². The number of rotatable bonds is 7. The van der Waals surface area contributed by atoms with Crippen LogP contribution in [0.3, 0.4) is 0 Å². The number of nitrogens with zero attached hydrogens (tertiary/aromatic N) is 2. The number of nitrogens with one attached hydrogen (secondary N) is 1. The first-order chi connectivity index (χ1) is 16.4. The summed E-state index contributed by atoms with van der Waals surface area (Å²) >= 11 is 6.05. The van der Waals surface area contributed by atoms with E-state index in [1.807, 2.05) is 48.9 Å². The number of ether oxygens (including phenoxy) is 1. The fourth-order valence-corrected chi connectivity index (χ4v) is 3.77. The maximum atomic E-state index is 13.1. The third-order valence-electron chi connectivity index (χ3n) is 5.59. The zero-order valence-corrected chi connectivity index (χ0v) is 19.6. The molecule has 1 aliphatic rings. The molecule has 4 rings (SSSR count). The van der Waals surface area contributed by atoms with Crippen molar-refractivity contribution in [3.05, 3.63) is 88.2 Å². The summed E-state index contributed by atoms with van der Waals surface area (Å²) in [4.78, 5) is 39.0. The van der Waals surface area contributed by atoms with Crippen molar-refractivity contribution in [2.75, 3.05) is 11.5 Å². The monoisotopic (exact) mass is 477 g/mol. The van der Waals surface area contributed by atoms with Gasteiger partial charge in [0.25, 0.3) is 11.8 Å². The van der Waals surface area contributed by atoms with Gasteiger partial charge in [0.05, 0.1) is 12.2 Å². The molecule has 4 amide bonds. The van der Waals surface area contributed by atoms with Gasteiger partial charge in [0.15, 0.2) is 0 Å². The molecule has 7 nitrogen and oxygen atoms in total. The second-order valence-corrected chi connectivity index (χ2v) is 8.27. The van der Waals surface area contributed by atoms with Gasteiger partial charge >= 0.3 is 6.03 Å². The van der Waals surface area contributed by atoms with Gasteiger partial charge in [0.2, 0.25) is 0 Å². The average molecular weight is 478 g/mol. The number of hydrogen-bond donors (Lipinski definition) is 1. The Morgan fingerprint density at radius 1 is 1.06 bits per heavy atom. The average Bonchev–Trinajstić information content (AvgIpc) is 3.26. The molecular formula is C26H24ClN3O4. The molecule has 1 N–H and O–H groups in total. The van der Waals surface area contributed by atoms with E-state index in [4.69, 9.17) is 16.3 Å². The molecule has 2 aromatic carbocycles. The van der Waals surface area contributed by atoms with E-state index in [-0.39, 0.29) is 5.57 Å². The quantitative estimate of drug-likeness (QED) is 0.393. The summed E-state index contributed by atoms with van der Waals surface area (Å²) in [5, 5.41) is 2.93. The van der Waals surface area contributed by atoms with Crippen LogP contribution in [-0.2, 0) is 22.6 Å². The lowest BCUT2D eigenvalue weighted by Crippen LogP contribution is -2.54. The molecule has 0 spiro atoms. The molecule has 34 heavy (non-hydrogen) atoms. The van der Waals surface area contributed by atoms with Gasteiger partial charge in [0, 0.05) is 16.9 Å². The Balaban J connectivity index is 1.51. The number of benzene rings is 2. The van der Waals surface area contributed by atoms with Crippen molar-refractivity contribution in [3.63, 3.8) is 0 Å². The number of imide groups is 2. The summed E-state index contributed by atoms with van der Waals surface area (Å²) < 4.78 is 7.68. The maximum Gasteiger partial charge on any atom is 0.335 e. The second-order valence-electron chi connectivity index (χ2n) is 7.86. The standard InChI is InChI=1S/C26H24ClN3O4/c1-3-18-6-8-19(9-7-18)30-25(32)22(24(31)28-26(30)33)16-20-5-4-12-29(20)13-14-34-21-10-11-23(27)17(2)15-21/h4-12,15-16H,3,13-14H2,1-2H3,(H,28,31,33). The molecule has 0 bridgehead atoms. The lowest BCUT2D eigenvalue weighted by atomic mass is 10.1. The van der Waals surface area contributed by atoms with E-state index in [1.54, 1.807) is 30.3 Å². The summed E-state index contributed by atoms with van der Waals surface area (Å²) in [7, 11) is 0. The molecular weight excluding hydrogens is 454 g/mol. The first-order valence-electron chi connectivity index (χ1n) is 10.9. The summed E-state index contributed by atoms with van der Waals surface area (Å²) in [5.74, 6) is -0.685. The first-order valence-corrected chi connectivity index (χ1v) is 11.3. The van der Waals surface area contributed by atoms with Crippen molar-refractivity contribution in [2.24, 2.45) is 0 Å². The fourth-order valence-electron chi connectivity index (χ4n) is 3.65. The number of anilines is 1. The van der Waals surface area contributed by atoms with Crippen molar-refractivity contribution in [2.45, 2.75) is 26.8 Å². The van der Waals surface area contributed by atoms with Gasteiger partial charge in [-0.15, -0.1) is 0 Å². The van der Waals surface area contributed by atoms with Crippen LogP contribution in [0.15, 0.2) is 66.4 Å². The molecule has 1 fully saturated rings. The molecule has 1 aliphatic heterocycles. The number of carbonyl (C=O) groups excluding carboxylic acids is 3. The number of aryl methyl sites for hydroxylation is 2. The molecule has 3 aromatic rings. The largest absolute Gasteiger partial charge is 0.492 e. The normalized spacial score (nSPS) is 15.1. The van der Waals surface area contributed by atoms with E-state index in [9.17, 15) is 14.4 Å². The van der Waals surface area contributed by atoms with E-state index in [0.29, 0.717) is 35.3 Å². The van der Waals surface area contributed by atoms with Crippen LogP contribution in [0.5, 0.6) is 5.75 Å². The van der Waals surface area contributed by atoms with Crippen LogP contribution in [-0.4, -0.2) is 29.0 Å². The number of amides is 4. The van der Waals surface area contributed by atoms with E-state index >= 15 is 0 Å². The third-order valence-corrected chi connectivity index (χ3v) is 6.02. The van der Waals surface area contributed by atoms with Gasteiger partial charge < -0.3 is 9.30 Å². The molecule has 0 saturated carbocycles. The summed E-state index contributed by atoms with van der Waals surface area (Å²) in [6.45, 7) is 4.79. The maximum absolute atomic E-state index is 13.1. The van der Waals surface area contributed by atoms with Crippen molar-refractivity contribution < 1.29 is 19.1 Å². The highest BCUT2D eigenvalue weighted by Gasteiger charge is 2.36. The van der Waals surface area contributed by atoms with E-state index in [2.05, 4.69) is 5.32 Å². The van der Waals surface area contributed by atoms with Gasteiger partial charge in [-0.25, -0.2) is 9.69 Å². The highest BCUT2D eigenvalue weighted by atomic mass is 35.5. The first kappa shape index (κ1) is 23.3. The highest BCUT2D eigenvalue weighted by Crippen LogP contribution is 2.23. The fraction of sp³-hybridized carbons (Fsp3) is 0.192. The summed E-state index contributed by atoms with van der Waals surface area (Å²) in [5.41, 5.74) is 2.93. The Hall–Kier alpha value is -3.84. The molecule has 0 radical (unpaired) electrons. The zero-order valence-electron chi connectivity index (χ0n) is 18.9. The van der Waals surface area contributed by atoms with Crippen LogP contribution in [0.4, 0.5) is 10.5 Å². The van der Waals surface area contributed by atoms with E-state index in [1.165, 1.54) is 6.08 Å². The van der Waals surface area contributed by atoms with E-state index in [0.717, 1.165) is 22.4 Å². The minimum absolute atomic E-state index is 0.117. The zero-order chi connectivity index (χ0) is 24.2. The van der Waals surface area contributed by atoms with Crippen molar-refractivity contribution in [1.82, 2.24) is 9.88 Å². The number of hydrogen-bond acceptors (Lipinski definition) is 4. The number of halogens is 1. The predicted octanol–water partition coefficient (Wildman–Crippen LogP) is 4.76. The minimum atomic E-state index is -0.765. The molecule has 0 aliphatic carbocycles. The Bertz CT molecular complexity index is 1280. The van der Waals surface area contributed by atoms with Crippen molar-refractivity contribution in [3.8, 4) is 5.75 Å². The van der Waals surface area contributed by atoms with Gasteiger partial charge in [0.1, 0.15) is 17.9 Å². The van der Waals surface area contributed by atoms with Crippen LogP contribution in [0, 0.1) is 6.92 Å². The van der Waals surface area contributed by atoms with Crippen LogP contribution in [0.2, 0.25) is 5.02 Å². The van der Waals surface area contributed by atoms with Crippen LogP contribution < -0.4 is 15.0 Å². The molecule has 0 unspecified atom stereocenters. The number of barbiturate groups is 1. The smallest absolute Gasteiger partial charge is 0.335 e. The van der Waals surface area contributed by atoms with Gasteiger partial charge in [-0.1, -0.05) is 30.7 Å². The number of carbonyl (C=O) groups is 3.